The van der Waals surface area contributed by atoms with Gasteiger partial charge in [0.2, 0.25) is 4.80 Å². The van der Waals surface area contributed by atoms with Crippen LogP contribution >= 0.6 is 22.9 Å². The fourth-order valence-corrected chi connectivity index (χ4v) is 5.09. The van der Waals surface area contributed by atoms with Crippen molar-refractivity contribution in [1.82, 2.24) is 4.57 Å². The molecular weight excluding hydrogens is 452 g/mol. The van der Waals surface area contributed by atoms with Gasteiger partial charge in [0.25, 0.3) is 10.0 Å². The third-order valence-corrected chi connectivity index (χ3v) is 6.78. The van der Waals surface area contributed by atoms with Crippen LogP contribution in [0.1, 0.15) is 6.92 Å². The van der Waals surface area contributed by atoms with Gasteiger partial charge in [-0.2, -0.15) is 8.42 Å². The van der Waals surface area contributed by atoms with Crippen LogP contribution in [0.2, 0.25) is 5.02 Å². The topological polar surface area (TPSA) is 96.2 Å². The van der Waals surface area contributed by atoms with Crippen LogP contribution in [0.3, 0.4) is 0 Å². The molecule has 0 aliphatic heterocycles. The highest BCUT2D eigenvalue weighted by atomic mass is 35.5. The molecule has 160 valence electrons. The van der Waals surface area contributed by atoms with E-state index in [9.17, 15) is 13.2 Å². The summed E-state index contributed by atoms with van der Waals surface area (Å²) < 4.78 is 47.4. The Hall–Kier alpha value is -2.56. The molecule has 30 heavy (non-hydrogen) atoms. The second-order valence-electron chi connectivity index (χ2n) is 5.97. The van der Waals surface area contributed by atoms with E-state index < -0.39 is 16.0 Å². The predicted octanol–water partition coefficient (Wildman–Crippen LogP) is 3.23. The number of esters is 1. The van der Waals surface area contributed by atoms with Gasteiger partial charge in [-0.05, 0) is 31.2 Å². The number of thiazole rings is 1. The summed E-state index contributed by atoms with van der Waals surface area (Å²) in [7, 11) is -1.05. The van der Waals surface area contributed by atoms with Crippen molar-refractivity contribution in [2.24, 2.45) is 4.40 Å². The summed E-state index contributed by atoms with van der Waals surface area (Å²) in [5, 5.41) is 0.410. The number of sulfonamides is 1. The van der Waals surface area contributed by atoms with E-state index in [-0.39, 0.29) is 22.8 Å². The molecule has 0 spiro atoms. The minimum atomic E-state index is -4.04. The summed E-state index contributed by atoms with van der Waals surface area (Å²) in [5.74, 6) is 0.395. The van der Waals surface area contributed by atoms with Gasteiger partial charge in [-0.15, -0.1) is 4.40 Å². The number of hydrogen-bond donors (Lipinski definition) is 0. The summed E-state index contributed by atoms with van der Waals surface area (Å²) in [6, 6.07) is 9.05. The number of nitrogens with zero attached hydrogens (tertiary/aromatic N) is 2. The van der Waals surface area contributed by atoms with Crippen molar-refractivity contribution >= 4 is 49.1 Å². The first kappa shape index (κ1) is 22.1. The van der Waals surface area contributed by atoms with Gasteiger partial charge < -0.3 is 18.8 Å². The molecule has 0 aliphatic rings. The largest absolute Gasteiger partial charge is 0.493 e. The van der Waals surface area contributed by atoms with Crippen molar-refractivity contribution in [3.05, 3.63) is 46.2 Å². The van der Waals surface area contributed by atoms with Gasteiger partial charge in [-0.1, -0.05) is 22.9 Å². The van der Waals surface area contributed by atoms with Crippen molar-refractivity contribution < 1.29 is 27.4 Å². The van der Waals surface area contributed by atoms with Crippen LogP contribution in [0.4, 0.5) is 0 Å². The van der Waals surface area contributed by atoms with E-state index >= 15 is 0 Å². The van der Waals surface area contributed by atoms with Gasteiger partial charge in [0.1, 0.15) is 6.54 Å². The molecule has 3 rings (SSSR count). The van der Waals surface area contributed by atoms with Gasteiger partial charge in [0.15, 0.2) is 11.5 Å². The van der Waals surface area contributed by atoms with E-state index in [0.717, 1.165) is 11.3 Å². The van der Waals surface area contributed by atoms with Crippen LogP contribution in [-0.2, 0) is 26.1 Å². The number of fused-ring (bicyclic) bond motifs is 1. The van der Waals surface area contributed by atoms with Crippen molar-refractivity contribution in [2.75, 3.05) is 20.8 Å². The van der Waals surface area contributed by atoms with Gasteiger partial charge >= 0.3 is 5.97 Å². The van der Waals surface area contributed by atoms with Crippen LogP contribution < -0.4 is 14.3 Å². The Bertz CT molecular complexity index is 1250. The molecular formula is C19H19ClN2O6S2. The summed E-state index contributed by atoms with van der Waals surface area (Å²) in [6.07, 6.45) is 0. The molecule has 11 heteroatoms. The number of rotatable bonds is 7. The lowest BCUT2D eigenvalue weighted by Gasteiger charge is -2.09. The molecule has 0 saturated carbocycles. The Kier molecular flexibility index (Phi) is 6.69. The maximum atomic E-state index is 12.8. The third kappa shape index (κ3) is 4.61. The number of halogens is 1. The zero-order valence-corrected chi connectivity index (χ0v) is 18.8. The number of benzene rings is 2. The maximum absolute atomic E-state index is 12.8. The quantitative estimate of drug-likeness (QED) is 0.492. The van der Waals surface area contributed by atoms with E-state index in [1.54, 1.807) is 19.1 Å². The number of methoxy groups -OCH3 is 2. The summed E-state index contributed by atoms with van der Waals surface area (Å²) >= 11 is 6.95. The van der Waals surface area contributed by atoms with E-state index in [1.807, 2.05) is 0 Å². The van der Waals surface area contributed by atoms with Crippen LogP contribution in [0.5, 0.6) is 11.5 Å². The van der Waals surface area contributed by atoms with Gasteiger partial charge in [-0.25, -0.2) is 0 Å². The molecule has 0 amide bonds. The Morgan fingerprint density at radius 3 is 2.37 bits per heavy atom. The lowest BCUT2D eigenvalue weighted by atomic mass is 10.3. The molecule has 3 aromatic rings. The Labute approximate surface area is 182 Å². The smallest absolute Gasteiger partial charge is 0.326 e. The Morgan fingerprint density at radius 2 is 1.77 bits per heavy atom. The molecule has 0 N–H and O–H groups in total. The molecule has 1 heterocycles. The molecule has 0 aliphatic carbocycles. The van der Waals surface area contributed by atoms with Gasteiger partial charge in [0, 0.05) is 17.2 Å². The van der Waals surface area contributed by atoms with Crippen LogP contribution in [0.25, 0.3) is 10.2 Å². The highest BCUT2D eigenvalue weighted by Crippen LogP contribution is 2.33. The lowest BCUT2D eigenvalue weighted by Crippen LogP contribution is -2.23. The molecule has 8 nitrogen and oxygen atoms in total. The number of aromatic nitrogens is 1. The minimum Gasteiger partial charge on any atom is -0.493 e. The molecule has 0 saturated heterocycles. The average Bonchev–Trinajstić information content (AvgIpc) is 3.02. The maximum Gasteiger partial charge on any atom is 0.326 e. The molecule has 0 radical (unpaired) electrons. The monoisotopic (exact) mass is 470 g/mol. The number of hydrogen-bond acceptors (Lipinski definition) is 7. The highest BCUT2D eigenvalue weighted by Gasteiger charge is 2.18. The van der Waals surface area contributed by atoms with Crippen molar-refractivity contribution in [3.8, 4) is 11.5 Å². The number of carbonyl (C=O) groups is 1. The molecule has 0 unspecified atom stereocenters. The third-order valence-electron chi connectivity index (χ3n) is 4.09. The molecule has 0 fully saturated rings. The summed E-state index contributed by atoms with van der Waals surface area (Å²) in [5.41, 5.74) is 0.566. The molecule has 0 bridgehead atoms. The first-order chi connectivity index (χ1) is 14.3. The first-order valence-corrected chi connectivity index (χ1v) is 11.4. The van der Waals surface area contributed by atoms with Crippen LogP contribution in [0.15, 0.2) is 45.7 Å². The van der Waals surface area contributed by atoms with Gasteiger partial charge in [-0.3, -0.25) is 4.79 Å². The van der Waals surface area contributed by atoms with E-state index in [0.29, 0.717) is 26.7 Å². The van der Waals surface area contributed by atoms with E-state index in [4.69, 9.17) is 25.8 Å². The zero-order valence-electron chi connectivity index (χ0n) is 16.4. The van der Waals surface area contributed by atoms with Crippen LogP contribution in [-0.4, -0.2) is 39.8 Å². The SMILES string of the molecule is CCOC(=O)Cn1/c(=N/S(=O)(=O)c2ccc(Cl)cc2)sc2cc(OC)c(OC)cc21. The molecule has 2 aromatic carbocycles. The zero-order chi connectivity index (χ0) is 21.9. The van der Waals surface area contributed by atoms with E-state index in [2.05, 4.69) is 4.40 Å². The lowest BCUT2D eigenvalue weighted by molar-refractivity contribution is -0.143. The second-order valence-corrected chi connectivity index (χ2v) is 9.02. The second kappa shape index (κ2) is 9.07. The van der Waals surface area contributed by atoms with E-state index in [1.165, 1.54) is 43.1 Å². The summed E-state index contributed by atoms with van der Waals surface area (Å²) in [4.78, 5) is 12.3. The molecule has 1 aromatic heterocycles. The fourth-order valence-electron chi connectivity index (χ4n) is 2.72. The Balaban J connectivity index is 2.24. The predicted molar refractivity (Wildman–Crippen MR) is 114 cm³/mol. The van der Waals surface area contributed by atoms with Crippen molar-refractivity contribution in [1.29, 1.82) is 0 Å². The summed E-state index contributed by atoms with van der Waals surface area (Å²) in [6.45, 7) is 1.69. The fraction of sp³-hybridized carbons (Fsp3) is 0.263. The minimum absolute atomic E-state index is 0.0119. The van der Waals surface area contributed by atoms with Crippen molar-refractivity contribution in [2.45, 2.75) is 18.4 Å². The molecule has 0 atom stereocenters. The number of carbonyl (C=O) groups excluding carboxylic acids is 1. The van der Waals surface area contributed by atoms with Crippen molar-refractivity contribution in [3.63, 3.8) is 0 Å². The Morgan fingerprint density at radius 1 is 1.13 bits per heavy atom. The standard InChI is InChI=1S/C19H19ClN2O6S2/c1-4-28-18(23)11-22-14-9-15(26-2)16(27-3)10-17(14)29-19(22)21-30(24,25)13-7-5-12(20)6-8-13/h5-10H,4,11H2,1-3H3/b21-19-. The number of ether oxygens (including phenoxy) is 3. The van der Waals surface area contributed by atoms with Gasteiger partial charge in [0.05, 0.1) is 35.9 Å². The average molecular weight is 471 g/mol. The highest BCUT2D eigenvalue weighted by molar-refractivity contribution is 7.90. The first-order valence-electron chi connectivity index (χ1n) is 8.76. The normalized spacial score (nSPS) is 12.2. The van der Waals surface area contributed by atoms with Crippen LogP contribution in [0, 0.1) is 0 Å².